The summed E-state index contributed by atoms with van der Waals surface area (Å²) >= 11 is 0. The van der Waals surface area contributed by atoms with Crippen molar-refractivity contribution in [2.45, 2.75) is 19.4 Å². The number of rotatable bonds is 1. The number of hydrogen-bond donors (Lipinski definition) is 1. The van der Waals surface area contributed by atoms with Gasteiger partial charge < -0.3 is 10.5 Å². The molecule has 0 aromatic carbocycles. The Balaban J connectivity index is 2.30. The van der Waals surface area contributed by atoms with E-state index >= 15 is 0 Å². The molecule has 0 aliphatic carbocycles. The Morgan fingerprint density at radius 2 is 2.38 bits per heavy atom. The lowest BCUT2D eigenvalue weighted by Crippen LogP contribution is -2.27. The van der Waals surface area contributed by atoms with Crippen molar-refractivity contribution in [3.8, 4) is 0 Å². The molecule has 1 aliphatic heterocycles. The van der Waals surface area contributed by atoms with E-state index in [1.807, 2.05) is 0 Å². The highest BCUT2D eigenvalue weighted by Crippen LogP contribution is 2.13. The summed E-state index contributed by atoms with van der Waals surface area (Å²) in [6, 6.07) is 0.306. The second kappa shape index (κ2) is 2.46. The molecule has 48 valence electrons. The van der Waals surface area contributed by atoms with Gasteiger partial charge in [0, 0.05) is 6.04 Å². The van der Waals surface area contributed by atoms with E-state index in [9.17, 15) is 0 Å². The van der Waals surface area contributed by atoms with E-state index in [0.717, 1.165) is 19.6 Å². The van der Waals surface area contributed by atoms with Gasteiger partial charge in [-0.1, -0.05) is 6.92 Å². The van der Waals surface area contributed by atoms with E-state index in [4.69, 9.17) is 10.5 Å². The molecule has 2 N–H and O–H groups in total. The Kier molecular flexibility index (Phi) is 1.86. The summed E-state index contributed by atoms with van der Waals surface area (Å²) in [5.41, 5.74) is 5.66. The van der Waals surface area contributed by atoms with Gasteiger partial charge in [0.25, 0.3) is 0 Å². The zero-order valence-corrected chi connectivity index (χ0v) is 5.26. The number of ether oxygens (including phenoxy) is 1. The third-order valence-corrected chi connectivity index (χ3v) is 1.77. The highest BCUT2D eigenvalue weighted by molar-refractivity contribution is 4.75. The molecule has 1 aliphatic rings. The normalized spacial score (nSPS) is 38.2. The molecule has 0 radical (unpaired) electrons. The smallest absolute Gasteiger partial charge is 0.0621 e. The summed E-state index contributed by atoms with van der Waals surface area (Å²) in [7, 11) is 0. The Bertz CT molecular complexity index is 74.9. The molecule has 2 nitrogen and oxygen atoms in total. The highest BCUT2D eigenvalue weighted by atomic mass is 16.5. The average molecular weight is 115 g/mol. The third kappa shape index (κ3) is 1.01. The predicted octanol–water partition coefficient (Wildman–Crippen LogP) is 0.370. The van der Waals surface area contributed by atoms with Crippen molar-refractivity contribution in [1.29, 1.82) is 0 Å². The molecule has 2 atom stereocenters. The predicted molar refractivity (Wildman–Crippen MR) is 32.6 cm³/mol. The fraction of sp³-hybridized carbons (Fsp3) is 1.00. The fourth-order valence-corrected chi connectivity index (χ4v) is 1.04. The molecule has 1 fully saturated rings. The first-order chi connectivity index (χ1) is 3.84. The van der Waals surface area contributed by atoms with Crippen LogP contribution in [0.4, 0.5) is 0 Å². The molecule has 0 bridgehead atoms. The second-order valence-corrected chi connectivity index (χ2v) is 2.37. The van der Waals surface area contributed by atoms with Crippen LogP contribution in [-0.2, 0) is 4.74 Å². The highest BCUT2D eigenvalue weighted by Gasteiger charge is 2.22. The molecule has 1 rings (SSSR count). The van der Waals surface area contributed by atoms with Crippen LogP contribution in [0.1, 0.15) is 13.3 Å². The summed E-state index contributed by atoms with van der Waals surface area (Å²) in [6.45, 7) is 3.79. The standard InChI is InChI=1S/C6H13NO/c1-2-5-3-8-4-6(5)7/h5-6H,2-4,7H2,1H3/t5-,6+/m0/s1. The average Bonchev–Trinajstić information content (AvgIpc) is 2.14. The van der Waals surface area contributed by atoms with Crippen molar-refractivity contribution in [3.63, 3.8) is 0 Å². The van der Waals surface area contributed by atoms with Gasteiger partial charge in [-0.15, -0.1) is 0 Å². The SMILES string of the molecule is CC[C@H]1COC[C@H]1N. The van der Waals surface area contributed by atoms with Gasteiger partial charge in [0.1, 0.15) is 0 Å². The Morgan fingerprint density at radius 3 is 2.62 bits per heavy atom. The van der Waals surface area contributed by atoms with Crippen LogP contribution in [0.15, 0.2) is 0 Å². The number of hydrogen-bond acceptors (Lipinski definition) is 2. The third-order valence-electron chi connectivity index (χ3n) is 1.77. The van der Waals surface area contributed by atoms with Crippen LogP contribution < -0.4 is 5.73 Å². The Hall–Kier alpha value is -0.0800. The van der Waals surface area contributed by atoms with Gasteiger partial charge in [-0.2, -0.15) is 0 Å². The molecule has 1 heterocycles. The molecule has 2 heteroatoms. The zero-order chi connectivity index (χ0) is 5.98. The molecule has 0 aromatic heterocycles. The molecular formula is C6H13NO. The molecule has 0 spiro atoms. The minimum Gasteiger partial charge on any atom is -0.379 e. The van der Waals surface area contributed by atoms with E-state index in [1.165, 1.54) is 0 Å². The molecule has 0 amide bonds. The summed E-state index contributed by atoms with van der Waals surface area (Å²) in [5, 5.41) is 0. The van der Waals surface area contributed by atoms with Gasteiger partial charge in [-0.05, 0) is 12.3 Å². The van der Waals surface area contributed by atoms with Crippen LogP contribution in [-0.4, -0.2) is 19.3 Å². The van der Waals surface area contributed by atoms with E-state index in [2.05, 4.69) is 6.92 Å². The quantitative estimate of drug-likeness (QED) is 0.536. The Morgan fingerprint density at radius 1 is 1.62 bits per heavy atom. The molecule has 0 aromatic rings. The van der Waals surface area contributed by atoms with Crippen molar-refractivity contribution < 1.29 is 4.74 Å². The minimum absolute atomic E-state index is 0.306. The van der Waals surface area contributed by atoms with Crippen LogP contribution in [0.25, 0.3) is 0 Å². The maximum atomic E-state index is 5.66. The molecule has 0 unspecified atom stereocenters. The summed E-state index contributed by atoms with van der Waals surface area (Å²) in [4.78, 5) is 0. The van der Waals surface area contributed by atoms with Crippen molar-refractivity contribution in [2.24, 2.45) is 11.7 Å². The van der Waals surface area contributed by atoms with E-state index < -0.39 is 0 Å². The maximum absolute atomic E-state index is 5.66. The van der Waals surface area contributed by atoms with Gasteiger partial charge in [0.15, 0.2) is 0 Å². The van der Waals surface area contributed by atoms with Crippen LogP contribution in [0.2, 0.25) is 0 Å². The molecular weight excluding hydrogens is 102 g/mol. The van der Waals surface area contributed by atoms with Crippen molar-refractivity contribution in [1.82, 2.24) is 0 Å². The lowest BCUT2D eigenvalue weighted by atomic mass is 10.0. The van der Waals surface area contributed by atoms with Crippen LogP contribution in [0.3, 0.4) is 0 Å². The van der Waals surface area contributed by atoms with Gasteiger partial charge in [0.05, 0.1) is 13.2 Å². The first kappa shape index (κ1) is 6.05. The second-order valence-electron chi connectivity index (χ2n) is 2.37. The van der Waals surface area contributed by atoms with Crippen LogP contribution in [0, 0.1) is 5.92 Å². The minimum atomic E-state index is 0.306. The van der Waals surface area contributed by atoms with Crippen molar-refractivity contribution in [3.05, 3.63) is 0 Å². The van der Waals surface area contributed by atoms with Crippen LogP contribution in [0.5, 0.6) is 0 Å². The summed E-state index contributed by atoms with van der Waals surface area (Å²) in [5.74, 6) is 0.620. The van der Waals surface area contributed by atoms with Gasteiger partial charge in [-0.3, -0.25) is 0 Å². The monoisotopic (exact) mass is 115 g/mol. The van der Waals surface area contributed by atoms with E-state index in [1.54, 1.807) is 0 Å². The van der Waals surface area contributed by atoms with E-state index in [-0.39, 0.29) is 0 Å². The topological polar surface area (TPSA) is 35.2 Å². The van der Waals surface area contributed by atoms with Crippen molar-refractivity contribution in [2.75, 3.05) is 13.2 Å². The zero-order valence-electron chi connectivity index (χ0n) is 5.26. The molecule has 8 heavy (non-hydrogen) atoms. The number of nitrogens with two attached hydrogens (primary N) is 1. The van der Waals surface area contributed by atoms with E-state index in [0.29, 0.717) is 12.0 Å². The lowest BCUT2D eigenvalue weighted by molar-refractivity contribution is 0.183. The van der Waals surface area contributed by atoms with Crippen LogP contribution >= 0.6 is 0 Å². The van der Waals surface area contributed by atoms with Gasteiger partial charge in [0.2, 0.25) is 0 Å². The first-order valence-electron chi connectivity index (χ1n) is 3.18. The van der Waals surface area contributed by atoms with Gasteiger partial charge in [-0.25, -0.2) is 0 Å². The first-order valence-corrected chi connectivity index (χ1v) is 3.18. The molecule has 0 saturated carbocycles. The lowest BCUT2D eigenvalue weighted by Gasteiger charge is -2.07. The summed E-state index contributed by atoms with van der Waals surface area (Å²) < 4.78 is 5.14. The molecule has 1 saturated heterocycles. The Labute approximate surface area is 50.0 Å². The fourth-order valence-electron chi connectivity index (χ4n) is 1.04. The summed E-state index contributed by atoms with van der Waals surface area (Å²) in [6.07, 6.45) is 1.15. The largest absolute Gasteiger partial charge is 0.379 e. The maximum Gasteiger partial charge on any atom is 0.0621 e. The van der Waals surface area contributed by atoms with Crippen molar-refractivity contribution >= 4 is 0 Å². The van der Waals surface area contributed by atoms with Gasteiger partial charge >= 0.3 is 0 Å².